The molecular formula is C15H13NO2. The summed E-state index contributed by atoms with van der Waals surface area (Å²) in [4.78, 5) is 10.6. The summed E-state index contributed by atoms with van der Waals surface area (Å²) in [7, 11) is 0. The van der Waals surface area contributed by atoms with Crippen LogP contribution in [0.15, 0.2) is 48.5 Å². The highest BCUT2D eigenvalue weighted by molar-refractivity contribution is 5.75. The van der Waals surface area contributed by atoms with Gasteiger partial charge in [0, 0.05) is 6.07 Å². The Morgan fingerprint density at radius 2 is 1.72 bits per heavy atom. The summed E-state index contributed by atoms with van der Waals surface area (Å²) in [6.45, 7) is 1.87. The molecule has 90 valence electrons. The van der Waals surface area contributed by atoms with E-state index in [0.717, 1.165) is 11.1 Å². The van der Waals surface area contributed by atoms with E-state index in [9.17, 15) is 10.1 Å². The normalized spacial score (nSPS) is 10.7. The van der Waals surface area contributed by atoms with Gasteiger partial charge in [-0.1, -0.05) is 48.5 Å². The molecule has 0 aliphatic heterocycles. The fourth-order valence-corrected chi connectivity index (χ4v) is 1.78. The Morgan fingerprint density at radius 1 is 1.00 bits per heavy atom. The van der Waals surface area contributed by atoms with Crippen molar-refractivity contribution in [3.63, 3.8) is 0 Å². The first kappa shape index (κ1) is 12.0. The number of rotatable bonds is 3. The summed E-state index contributed by atoms with van der Waals surface area (Å²) in [5.41, 5.74) is 2.72. The van der Waals surface area contributed by atoms with Gasteiger partial charge in [0.1, 0.15) is 0 Å². The third kappa shape index (κ3) is 2.63. The van der Waals surface area contributed by atoms with Crippen molar-refractivity contribution in [3.8, 4) is 0 Å². The Labute approximate surface area is 106 Å². The first-order valence-corrected chi connectivity index (χ1v) is 5.65. The summed E-state index contributed by atoms with van der Waals surface area (Å²) in [6.07, 6.45) is 3.68. The maximum absolute atomic E-state index is 11.0. The third-order valence-corrected chi connectivity index (χ3v) is 2.74. The molecule has 0 radical (unpaired) electrons. The molecule has 0 bridgehead atoms. The molecule has 2 aromatic rings. The van der Waals surface area contributed by atoms with Crippen LogP contribution in [0.4, 0.5) is 5.69 Å². The van der Waals surface area contributed by atoms with E-state index >= 15 is 0 Å². The number of hydrogen-bond donors (Lipinski definition) is 0. The minimum atomic E-state index is -0.350. The monoisotopic (exact) mass is 239 g/mol. The first-order valence-electron chi connectivity index (χ1n) is 5.65. The highest BCUT2D eigenvalue weighted by Gasteiger charge is 2.12. The minimum absolute atomic E-state index is 0.141. The average Bonchev–Trinajstić information content (AvgIpc) is 2.38. The Morgan fingerprint density at radius 3 is 2.39 bits per heavy atom. The fourth-order valence-electron chi connectivity index (χ4n) is 1.78. The molecule has 2 rings (SSSR count). The van der Waals surface area contributed by atoms with Gasteiger partial charge in [-0.2, -0.15) is 0 Å². The maximum atomic E-state index is 11.0. The molecule has 0 amide bonds. The van der Waals surface area contributed by atoms with Crippen molar-refractivity contribution in [2.24, 2.45) is 0 Å². The van der Waals surface area contributed by atoms with Gasteiger partial charge in [-0.15, -0.1) is 0 Å². The molecule has 0 heterocycles. The zero-order valence-corrected chi connectivity index (χ0v) is 10.0. The summed E-state index contributed by atoms with van der Waals surface area (Å²) in [5, 5.41) is 11.0. The van der Waals surface area contributed by atoms with Crippen LogP contribution in [0.2, 0.25) is 0 Å². The number of benzene rings is 2. The molecule has 0 aliphatic rings. The van der Waals surface area contributed by atoms with Gasteiger partial charge in [-0.25, -0.2) is 0 Å². The highest BCUT2D eigenvalue weighted by atomic mass is 16.6. The van der Waals surface area contributed by atoms with Gasteiger partial charge in [0.15, 0.2) is 0 Å². The minimum Gasteiger partial charge on any atom is -0.258 e. The maximum Gasteiger partial charge on any atom is 0.276 e. The Bertz CT molecular complexity index is 589. The van der Waals surface area contributed by atoms with Crippen molar-refractivity contribution in [2.45, 2.75) is 6.92 Å². The first-order chi connectivity index (χ1) is 8.68. The molecule has 0 spiro atoms. The largest absolute Gasteiger partial charge is 0.276 e. The molecule has 3 heteroatoms. The van der Waals surface area contributed by atoms with E-state index in [4.69, 9.17) is 0 Å². The van der Waals surface area contributed by atoms with Crippen LogP contribution in [-0.2, 0) is 0 Å². The van der Waals surface area contributed by atoms with Gasteiger partial charge >= 0.3 is 0 Å². The zero-order valence-electron chi connectivity index (χ0n) is 10.0. The van der Waals surface area contributed by atoms with E-state index in [1.807, 2.05) is 49.4 Å². The Balaban J connectivity index is 2.40. The van der Waals surface area contributed by atoms with Gasteiger partial charge in [0.05, 0.1) is 10.5 Å². The molecule has 0 saturated carbocycles. The van der Waals surface area contributed by atoms with Gasteiger partial charge in [-0.05, 0) is 24.1 Å². The van der Waals surface area contributed by atoms with E-state index in [1.54, 1.807) is 12.1 Å². The number of aryl methyl sites for hydroxylation is 1. The van der Waals surface area contributed by atoms with E-state index < -0.39 is 0 Å². The van der Waals surface area contributed by atoms with E-state index in [-0.39, 0.29) is 10.6 Å². The Hall–Kier alpha value is -2.42. The molecule has 0 aromatic heterocycles. The molecule has 0 unspecified atom stereocenters. The standard InChI is InChI=1S/C15H13NO2/c1-12-6-5-9-15(16(17)18)14(12)11-10-13-7-3-2-4-8-13/h2-11H,1H3/b11-10+. The van der Waals surface area contributed by atoms with Crippen molar-refractivity contribution in [1.82, 2.24) is 0 Å². The second kappa shape index (κ2) is 5.27. The molecule has 0 saturated heterocycles. The van der Waals surface area contributed by atoms with Crippen LogP contribution in [-0.4, -0.2) is 4.92 Å². The van der Waals surface area contributed by atoms with E-state index in [0.29, 0.717) is 5.56 Å². The quantitative estimate of drug-likeness (QED) is 0.460. The molecule has 18 heavy (non-hydrogen) atoms. The van der Waals surface area contributed by atoms with E-state index in [1.165, 1.54) is 6.07 Å². The number of hydrogen-bond acceptors (Lipinski definition) is 2. The summed E-state index contributed by atoms with van der Waals surface area (Å²) >= 11 is 0. The summed E-state index contributed by atoms with van der Waals surface area (Å²) in [6, 6.07) is 14.8. The van der Waals surface area contributed by atoms with Crippen molar-refractivity contribution in [2.75, 3.05) is 0 Å². The van der Waals surface area contributed by atoms with Crippen molar-refractivity contribution >= 4 is 17.8 Å². The van der Waals surface area contributed by atoms with Gasteiger partial charge in [0.2, 0.25) is 0 Å². The molecule has 0 fully saturated rings. The number of nitrogens with zero attached hydrogens (tertiary/aromatic N) is 1. The van der Waals surface area contributed by atoms with Crippen LogP contribution in [0.5, 0.6) is 0 Å². The summed E-state index contributed by atoms with van der Waals surface area (Å²) < 4.78 is 0. The molecule has 0 aliphatic carbocycles. The second-order valence-electron chi connectivity index (χ2n) is 4.01. The lowest BCUT2D eigenvalue weighted by Crippen LogP contribution is -1.93. The highest BCUT2D eigenvalue weighted by Crippen LogP contribution is 2.24. The van der Waals surface area contributed by atoms with Crippen LogP contribution in [0.1, 0.15) is 16.7 Å². The predicted molar refractivity (Wildman–Crippen MR) is 73.2 cm³/mol. The second-order valence-corrected chi connectivity index (χ2v) is 4.01. The van der Waals surface area contributed by atoms with Gasteiger partial charge in [-0.3, -0.25) is 10.1 Å². The fraction of sp³-hybridized carbons (Fsp3) is 0.0667. The lowest BCUT2D eigenvalue weighted by molar-refractivity contribution is -0.385. The lowest BCUT2D eigenvalue weighted by Gasteiger charge is -2.01. The van der Waals surface area contributed by atoms with Crippen LogP contribution in [0, 0.1) is 17.0 Å². The topological polar surface area (TPSA) is 43.1 Å². The molecular weight excluding hydrogens is 226 g/mol. The summed E-state index contributed by atoms with van der Waals surface area (Å²) in [5.74, 6) is 0. The predicted octanol–water partition coefficient (Wildman–Crippen LogP) is 4.07. The average molecular weight is 239 g/mol. The number of nitro benzene ring substituents is 1. The van der Waals surface area contributed by atoms with Crippen LogP contribution in [0.25, 0.3) is 12.2 Å². The van der Waals surface area contributed by atoms with Crippen molar-refractivity contribution in [1.29, 1.82) is 0 Å². The molecule has 0 N–H and O–H groups in total. The van der Waals surface area contributed by atoms with Crippen LogP contribution >= 0.6 is 0 Å². The van der Waals surface area contributed by atoms with E-state index in [2.05, 4.69) is 0 Å². The van der Waals surface area contributed by atoms with Crippen LogP contribution < -0.4 is 0 Å². The smallest absolute Gasteiger partial charge is 0.258 e. The zero-order chi connectivity index (χ0) is 13.0. The van der Waals surface area contributed by atoms with Gasteiger partial charge < -0.3 is 0 Å². The lowest BCUT2D eigenvalue weighted by atomic mass is 10.0. The third-order valence-electron chi connectivity index (χ3n) is 2.74. The van der Waals surface area contributed by atoms with Gasteiger partial charge in [0.25, 0.3) is 5.69 Å². The SMILES string of the molecule is Cc1cccc([N+](=O)[O-])c1/C=C/c1ccccc1. The Kier molecular flexibility index (Phi) is 3.53. The molecule has 2 aromatic carbocycles. The van der Waals surface area contributed by atoms with Crippen LogP contribution in [0.3, 0.4) is 0 Å². The molecule has 0 atom stereocenters. The van der Waals surface area contributed by atoms with Crippen molar-refractivity contribution < 1.29 is 4.92 Å². The number of nitro groups is 1. The van der Waals surface area contributed by atoms with Crippen molar-refractivity contribution in [3.05, 3.63) is 75.3 Å². The molecule has 3 nitrogen and oxygen atoms in total.